The lowest BCUT2D eigenvalue weighted by Crippen LogP contribution is -2.38. The summed E-state index contributed by atoms with van der Waals surface area (Å²) in [6.07, 6.45) is 1.71. The topological polar surface area (TPSA) is 74.3 Å². The van der Waals surface area contributed by atoms with Gasteiger partial charge in [0, 0.05) is 30.2 Å². The zero-order valence-electron chi connectivity index (χ0n) is 16.3. The van der Waals surface area contributed by atoms with E-state index in [0.29, 0.717) is 23.9 Å². The first-order valence-corrected chi connectivity index (χ1v) is 10.5. The number of nitrogens with zero attached hydrogens (tertiary/aromatic N) is 2. The Kier molecular flexibility index (Phi) is 6.13. The largest absolute Gasteiger partial charge is 0.326 e. The summed E-state index contributed by atoms with van der Waals surface area (Å²) in [6, 6.07) is 13.2. The van der Waals surface area contributed by atoms with E-state index in [2.05, 4.69) is 15.6 Å². The molecule has 0 unspecified atom stereocenters. The van der Waals surface area contributed by atoms with Crippen molar-refractivity contribution in [3.05, 3.63) is 78.0 Å². The maximum atomic E-state index is 13.7. The number of hydrogen-bond acceptors (Lipinski definition) is 4. The Balaban J connectivity index is 1.36. The number of benzene rings is 2. The molecule has 3 amide bonds. The molecule has 6 nitrogen and oxygen atoms in total. The number of anilines is 3. The lowest BCUT2D eigenvalue weighted by molar-refractivity contribution is -0.115. The average Bonchev–Trinajstić information content (AvgIpc) is 2.76. The van der Waals surface area contributed by atoms with Crippen molar-refractivity contribution in [1.29, 1.82) is 0 Å². The maximum absolute atomic E-state index is 13.7. The van der Waals surface area contributed by atoms with Gasteiger partial charge in [-0.1, -0.05) is 12.1 Å². The van der Waals surface area contributed by atoms with E-state index < -0.39 is 17.5 Å². The van der Waals surface area contributed by atoms with Crippen LogP contribution in [0.1, 0.15) is 5.56 Å². The van der Waals surface area contributed by atoms with Crippen LogP contribution in [0, 0.1) is 11.6 Å². The minimum atomic E-state index is -0.834. The van der Waals surface area contributed by atoms with Crippen molar-refractivity contribution < 1.29 is 18.4 Å². The average molecular weight is 440 g/mol. The van der Waals surface area contributed by atoms with Crippen molar-refractivity contribution in [2.24, 2.45) is 0 Å². The quantitative estimate of drug-likeness (QED) is 0.618. The third-order valence-corrected chi connectivity index (χ3v) is 5.59. The number of thioether (sulfide) groups is 1. The van der Waals surface area contributed by atoms with Crippen LogP contribution in [0.3, 0.4) is 0 Å². The van der Waals surface area contributed by atoms with Crippen LogP contribution >= 0.6 is 11.8 Å². The Morgan fingerprint density at radius 3 is 2.65 bits per heavy atom. The molecular formula is C22H18F2N4O2S. The predicted octanol–water partition coefficient (Wildman–Crippen LogP) is 4.69. The number of rotatable bonds is 4. The van der Waals surface area contributed by atoms with Crippen LogP contribution in [0.15, 0.2) is 65.8 Å². The molecule has 1 aliphatic rings. The summed E-state index contributed by atoms with van der Waals surface area (Å²) in [5.41, 5.74) is 1.96. The van der Waals surface area contributed by atoms with E-state index in [9.17, 15) is 18.4 Å². The molecule has 1 aromatic heterocycles. The number of halogens is 2. The van der Waals surface area contributed by atoms with Gasteiger partial charge in [-0.3, -0.25) is 9.69 Å². The third-order valence-electron chi connectivity index (χ3n) is 4.62. The van der Waals surface area contributed by atoms with Crippen molar-refractivity contribution in [3.8, 4) is 0 Å². The van der Waals surface area contributed by atoms with E-state index in [0.717, 1.165) is 22.5 Å². The number of nitrogens with one attached hydrogen (secondary N) is 2. The summed E-state index contributed by atoms with van der Waals surface area (Å²) >= 11 is 1.61. The fourth-order valence-electron chi connectivity index (χ4n) is 3.13. The van der Waals surface area contributed by atoms with Crippen LogP contribution in [0.5, 0.6) is 0 Å². The molecule has 4 rings (SSSR count). The number of amides is 3. The highest BCUT2D eigenvalue weighted by Gasteiger charge is 2.23. The standard InChI is InChI=1S/C22H18F2N4O2S/c23-15-5-8-18(17(24)13-15)27-20(29)12-14-3-6-16(7-4-14)26-22(30)28-10-11-31-21-19(28)2-1-9-25-21/h1-9,13H,10-12H2,(H,26,30)(H,27,29). The predicted molar refractivity (Wildman–Crippen MR) is 116 cm³/mol. The number of urea groups is 1. The lowest BCUT2D eigenvalue weighted by Gasteiger charge is -2.28. The monoisotopic (exact) mass is 440 g/mol. The minimum absolute atomic E-state index is 0.00738. The molecule has 3 aromatic rings. The van der Waals surface area contributed by atoms with E-state index in [1.807, 2.05) is 6.07 Å². The minimum Gasteiger partial charge on any atom is -0.323 e. The molecule has 0 spiro atoms. The van der Waals surface area contributed by atoms with Crippen LogP contribution in [-0.2, 0) is 11.2 Å². The van der Waals surface area contributed by atoms with Crippen molar-refractivity contribution in [1.82, 2.24) is 4.98 Å². The van der Waals surface area contributed by atoms with E-state index in [4.69, 9.17) is 0 Å². The summed E-state index contributed by atoms with van der Waals surface area (Å²) < 4.78 is 26.6. The summed E-state index contributed by atoms with van der Waals surface area (Å²) in [6.45, 7) is 0.577. The molecule has 1 aliphatic heterocycles. The Hall–Kier alpha value is -3.46. The number of pyridine rings is 1. The van der Waals surface area contributed by atoms with Crippen LogP contribution in [0.25, 0.3) is 0 Å². The highest BCUT2D eigenvalue weighted by molar-refractivity contribution is 7.99. The first-order chi connectivity index (χ1) is 15.0. The molecule has 0 atom stereocenters. The molecule has 0 radical (unpaired) electrons. The molecule has 0 saturated heterocycles. The van der Waals surface area contributed by atoms with E-state index in [1.165, 1.54) is 6.07 Å². The van der Waals surface area contributed by atoms with Gasteiger partial charge in [-0.05, 0) is 42.0 Å². The lowest BCUT2D eigenvalue weighted by atomic mass is 10.1. The van der Waals surface area contributed by atoms with Gasteiger partial charge in [0.2, 0.25) is 5.91 Å². The number of fused-ring (bicyclic) bond motifs is 1. The number of aromatic nitrogens is 1. The van der Waals surface area contributed by atoms with Crippen molar-refractivity contribution in [3.63, 3.8) is 0 Å². The SMILES string of the molecule is O=C(Cc1ccc(NC(=O)N2CCSc3ncccc32)cc1)Nc1ccc(F)cc1F. The third kappa shape index (κ3) is 5.00. The van der Waals surface area contributed by atoms with Gasteiger partial charge in [0.05, 0.1) is 17.8 Å². The Labute approximate surface area is 181 Å². The summed E-state index contributed by atoms with van der Waals surface area (Å²) in [4.78, 5) is 30.8. The number of carbonyl (C=O) groups is 2. The Morgan fingerprint density at radius 1 is 1.06 bits per heavy atom. The van der Waals surface area contributed by atoms with Crippen LogP contribution in [0.2, 0.25) is 0 Å². The van der Waals surface area contributed by atoms with Gasteiger partial charge in [-0.25, -0.2) is 18.6 Å². The first kappa shape index (κ1) is 20.8. The Morgan fingerprint density at radius 2 is 1.87 bits per heavy atom. The fourth-order valence-corrected chi connectivity index (χ4v) is 4.06. The van der Waals surface area contributed by atoms with Crippen molar-refractivity contribution >= 4 is 40.8 Å². The van der Waals surface area contributed by atoms with E-state index >= 15 is 0 Å². The van der Waals surface area contributed by atoms with E-state index in [-0.39, 0.29) is 18.1 Å². The van der Waals surface area contributed by atoms with Gasteiger partial charge in [0.15, 0.2) is 0 Å². The van der Waals surface area contributed by atoms with Gasteiger partial charge in [-0.15, -0.1) is 11.8 Å². The van der Waals surface area contributed by atoms with Gasteiger partial charge in [0.1, 0.15) is 16.7 Å². The molecule has 0 aliphatic carbocycles. The van der Waals surface area contributed by atoms with Crippen LogP contribution in [-0.4, -0.2) is 29.2 Å². The molecule has 0 bridgehead atoms. The summed E-state index contributed by atoms with van der Waals surface area (Å²) in [5, 5.41) is 6.09. The highest BCUT2D eigenvalue weighted by Crippen LogP contribution is 2.32. The van der Waals surface area contributed by atoms with Gasteiger partial charge >= 0.3 is 6.03 Å². The molecule has 2 aromatic carbocycles. The number of carbonyl (C=O) groups excluding carboxylic acids is 2. The van der Waals surface area contributed by atoms with Crippen LogP contribution < -0.4 is 15.5 Å². The molecule has 2 N–H and O–H groups in total. The molecule has 9 heteroatoms. The maximum Gasteiger partial charge on any atom is 0.326 e. The molecule has 158 valence electrons. The highest BCUT2D eigenvalue weighted by atomic mass is 32.2. The first-order valence-electron chi connectivity index (χ1n) is 9.50. The molecule has 2 heterocycles. The Bertz CT molecular complexity index is 1120. The normalized spacial score (nSPS) is 12.8. The van der Waals surface area contributed by atoms with Crippen molar-refractivity contribution in [2.45, 2.75) is 11.4 Å². The van der Waals surface area contributed by atoms with Crippen LogP contribution in [0.4, 0.5) is 30.6 Å². The van der Waals surface area contributed by atoms with Crippen molar-refractivity contribution in [2.75, 3.05) is 27.8 Å². The summed E-state index contributed by atoms with van der Waals surface area (Å²) in [7, 11) is 0. The molecule has 0 saturated carbocycles. The smallest absolute Gasteiger partial charge is 0.323 e. The van der Waals surface area contributed by atoms with Gasteiger partial charge in [0.25, 0.3) is 0 Å². The molecule has 31 heavy (non-hydrogen) atoms. The fraction of sp³-hybridized carbons (Fsp3) is 0.136. The van der Waals surface area contributed by atoms with Gasteiger partial charge in [-0.2, -0.15) is 0 Å². The molecule has 0 fully saturated rings. The molecular weight excluding hydrogens is 422 g/mol. The zero-order valence-corrected chi connectivity index (χ0v) is 17.1. The van der Waals surface area contributed by atoms with E-state index in [1.54, 1.807) is 53.2 Å². The summed E-state index contributed by atoms with van der Waals surface area (Å²) in [5.74, 6) is -1.21. The second-order valence-corrected chi connectivity index (χ2v) is 7.89. The number of hydrogen-bond donors (Lipinski definition) is 2. The second kappa shape index (κ2) is 9.13. The van der Waals surface area contributed by atoms with Gasteiger partial charge < -0.3 is 10.6 Å². The zero-order chi connectivity index (χ0) is 21.8. The second-order valence-electron chi connectivity index (χ2n) is 6.80.